The van der Waals surface area contributed by atoms with E-state index in [9.17, 15) is 0 Å². The predicted octanol–water partition coefficient (Wildman–Crippen LogP) is 1.28. The molecule has 0 aliphatic rings. The summed E-state index contributed by atoms with van der Waals surface area (Å²) in [4.78, 5) is 0. The summed E-state index contributed by atoms with van der Waals surface area (Å²) in [6, 6.07) is 3.72. The Kier molecular flexibility index (Phi) is 5.00. The number of hydrogen-bond acceptors (Lipinski definition) is 5. The Hall–Kier alpha value is -1.24. The molecule has 0 spiro atoms. The van der Waals surface area contributed by atoms with E-state index in [2.05, 4.69) is 0 Å². The van der Waals surface area contributed by atoms with Gasteiger partial charge in [-0.25, -0.2) is 0 Å². The maximum absolute atomic E-state index is 5.51. The minimum atomic E-state index is -2.42. The van der Waals surface area contributed by atoms with Gasteiger partial charge in [0.25, 0.3) is 0 Å². The summed E-state index contributed by atoms with van der Waals surface area (Å²) < 4.78 is 26.9. The molecule has 0 amide bonds. The molecule has 102 valence electrons. The van der Waals surface area contributed by atoms with Gasteiger partial charge in [-0.05, 0) is 18.7 Å². The van der Waals surface area contributed by atoms with Gasteiger partial charge in [-0.3, -0.25) is 0 Å². The Bertz CT molecular complexity index is 378. The molecule has 0 radical (unpaired) electrons. The topological polar surface area (TPSA) is 46.2 Å². The van der Waals surface area contributed by atoms with Gasteiger partial charge in [0.2, 0.25) is 5.75 Å². The Morgan fingerprint density at radius 3 is 1.50 bits per heavy atom. The van der Waals surface area contributed by atoms with Gasteiger partial charge < -0.3 is 23.1 Å². The predicted molar refractivity (Wildman–Crippen MR) is 71.4 cm³/mol. The van der Waals surface area contributed by atoms with Crippen molar-refractivity contribution in [3.63, 3.8) is 0 Å². The summed E-state index contributed by atoms with van der Waals surface area (Å²) >= 11 is 0. The Balaban J connectivity index is 3.39. The van der Waals surface area contributed by atoms with Crippen LogP contribution in [-0.2, 0) is 8.85 Å². The van der Waals surface area contributed by atoms with E-state index in [0.29, 0.717) is 17.2 Å². The number of hydrogen-bond donors (Lipinski definition) is 0. The van der Waals surface area contributed by atoms with E-state index in [-0.39, 0.29) is 0 Å². The molecular weight excluding hydrogens is 252 g/mol. The van der Waals surface area contributed by atoms with Crippen LogP contribution in [0.1, 0.15) is 0 Å². The molecule has 0 atom stereocenters. The van der Waals surface area contributed by atoms with Crippen LogP contribution in [0.5, 0.6) is 17.2 Å². The van der Waals surface area contributed by atoms with Crippen LogP contribution in [0.15, 0.2) is 12.1 Å². The van der Waals surface area contributed by atoms with Crippen LogP contribution in [0.25, 0.3) is 0 Å². The smallest absolute Gasteiger partial charge is 0.369 e. The highest BCUT2D eigenvalue weighted by Crippen LogP contribution is 2.36. The van der Waals surface area contributed by atoms with Crippen LogP contribution in [-0.4, -0.2) is 44.1 Å². The molecule has 0 aliphatic heterocycles. The molecule has 1 aromatic rings. The summed E-state index contributed by atoms with van der Waals surface area (Å²) in [5.74, 6) is 1.76. The monoisotopic (exact) mass is 272 g/mol. The van der Waals surface area contributed by atoms with Gasteiger partial charge in [-0.15, -0.1) is 0 Å². The molecule has 0 unspecified atom stereocenters. The first-order chi connectivity index (χ1) is 8.56. The SMILES string of the molecule is COc1cc([Si](C)(OC)OC)cc(OC)c1OC. The zero-order chi connectivity index (χ0) is 13.8. The van der Waals surface area contributed by atoms with E-state index in [1.54, 1.807) is 35.5 Å². The van der Waals surface area contributed by atoms with Crippen molar-refractivity contribution in [2.24, 2.45) is 0 Å². The zero-order valence-corrected chi connectivity index (χ0v) is 12.7. The van der Waals surface area contributed by atoms with E-state index in [1.165, 1.54) is 0 Å². The third-order valence-corrected chi connectivity index (χ3v) is 5.86. The molecule has 1 rings (SSSR count). The van der Waals surface area contributed by atoms with E-state index >= 15 is 0 Å². The molecule has 0 saturated carbocycles. The second-order valence-electron chi connectivity index (χ2n) is 3.77. The van der Waals surface area contributed by atoms with Crippen molar-refractivity contribution in [2.75, 3.05) is 35.5 Å². The first kappa shape index (κ1) is 14.8. The van der Waals surface area contributed by atoms with Crippen LogP contribution in [0.2, 0.25) is 6.55 Å². The quantitative estimate of drug-likeness (QED) is 0.730. The lowest BCUT2D eigenvalue weighted by atomic mass is 10.3. The largest absolute Gasteiger partial charge is 0.493 e. The highest BCUT2D eigenvalue weighted by atomic mass is 28.4. The lowest BCUT2D eigenvalue weighted by Crippen LogP contribution is -2.49. The van der Waals surface area contributed by atoms with Crippen molar-refractivity contribution in [1.82, 2.24) is 0 Å². The van der Waals surface area contributed by atoms with Crippen molar-refractivity contribution < 1.29 is 23.1 Å². The van der Waals surface area contributed by atoms with Crippen molar-refractivity contribution in [1.29, 1.82) is 0 Å². The molecule has 0 saturated heterocycles. The van der Waals surface area contributed by atoms with Crippen LogP contribution in [0.4, 0.5) is 0 Å². The summed E-state index contributed by atoms with van der Waals surface area (Å²) in [5, 5.41) is 0.919. The standard InChI is InChI=1S/C12H20O5Si/c1-13-10-7-9(18(6,16-4)17-5)8-11(14-2)12(10)15-3/h7-8H,1-6H3. The van der Waals surface area contributed by atoms with Crippen molar-refractivity contribution >= 4 is 13.7 Å². The van der Waals surface area contributed by atoms with Gasteiger partial charge in [-0.2, -0.15) is 0 Å². The highest BCUT2D eigenvalue weighted by Gasteiger charge is 2.34. The van der Waals surface area contributed by atoms with Crippen LogP contribution >= 0.6 is 0 Å². The normalized spacial score (nSPS) is 11.2. The van der Waals surface area contributed by atoms with Crippen molar-refractivity contribution in [3.05, 3.63) is 12.1 Å². The highest BCUT2D eigenvalue weighted by molar-refractivity contribution is 6.80. The fourth-order valence-corrected chi connectivity index (χ4v) is 3.09. The zero-order valence-electron chi connectivity index (χ0n) is 11.7. The number of benzene rings is 1. The van der Waals surface area contributed by atoms with Gasteiger partial charge in [-0.1, -0.05) is 0 Å². The molecule has 18 heavy (non-hydrogen) atoms. The first-order valence-electron chi connectivity index (χ1n) is 5.47. The second kappa shape index (κ2) is 6.08. The Morgan fingerprint density at radius 1 is 0.778 bits per heavy atom. The maximum atomic E-state index is 5.51. The van der Waals surface area contributed by atoms with Gasteiger partial charge in [0.05, 0.1) is 21.3 Å². The van der Waals surface area contributed by atoms with Crippen LogP contribution in [0.3, 0.4) is 0 Å². The lowest BCUT2D eigenvalue weighted by Gasteiger charge is -2.24. The molecule has 0 aliphatic carbocycles. The Labute approximate surface area is 109 Å². The first-order valence-corrected chi connectivity index (χ1v) is 7.78. The van der Waals surface area contributed by atoms with E-state index in [4.69, 9.17) is 23.1 Å². The number of rotatable bonds is 6. The van der Waals surface area contributed by atoms with Gasteiger partial charge in [0.15, 0.2) is 11.5 Å². The fraction of sp³-hybridized carbons (Fsp3) is 0.500. The third kappa shape index (κ3) is 2.60. The molecule has 0 aromatic heterocycles. The van der Waals surface area contributed by atoms with Crippen molar-refractivity contribution in [2.45, 2.75) is 6.55 Å². The molecule has 1 aromatic carbocycles. The Morgan fingerprint density at radius 2 is 1.22 bits per heavy atom. The summed E-state index contributed by atoms with van der Waals surface area (Å²) in [7, 11) is 5.59. The maximum Gasteiger partial charge on any atom is 0.369 e. The molecule has 0 heterocycles. The average molecular weight is 272 g/mol. The van der Waals surface area contributed by atoms with E-state index < -0.39 is 8.56 Å². The van der Waals surface area contributed by atoms with Crippen LogP contribution < -0.4 is 19.4 Å². The van der Waals surface area contributed by atoms with E-state index in [0.717, 1.165) is 5.19 Å². The average Bonchev–Trinajstić information content (AvgIpc) is 2.44. The minimum absolute atomic E-state index is 0.562. The van der Waals surface area contributed by atoms with Gasteiger partial charge in [0.1, 0.15) is 0 Å². The van der Waals surface area contributed by atoms with E-state index in [1.807, 2.05) is 18.7 Å². The second-order valence-corrected chi connectivity index (χ2v) is 7.05. The molecular formula is C12H20O5Si. The van der Waals surface area contributed by atoms with Crippen molar-refractivity contribution in [3.8, 4) is 17.2 Å². The number of ether oxygens (including phenoxy) is 3. The minimum Gasteiger partial charge on any atom is -0.493 e. The third-order valence-electron chi connectivity index (χ3n) is 2.97. The molecule has 6 heteroatoms. The molecule has 0 N–H and O–H groups in total. The number of methoxy groups -OCH3 is 3. The molecule has 0 fully saturated rings. The molecule has 5 nitrogen and oxygen atoms in total. The fourth-order valence-electron chi connectivity index (χ4n) is 1.66. The molecule has 0 bridgehead atoms. The summed E-state index contributed by atoms with van der Waals surface area (Å²) in [5.41, 5.74) is 0. The van der Waals surface area contributed by atoms with Gasteiger partial charge in [0, 0.05) is 19.4 Å². The lowest BCUT2D eigenvalue weighted by molar-refractivity contribution is 0.264. The van der Waals surface area contributed by atoms with Gasteiger partial charge >= 0.3 is 8.56 Å². The summed E-state index contributed by atoms with van der Waals surface area (Å²) in [6.45, 7) is 1.95. The van der Waals surface area contributed by atoms with Crippen LogP contribution in [0, 0.1) is 0 Å². The summed E-state index contributed by atoms with van der Waals surface area (Å²) in [6.07, 6.45) is 0.